The Morgan fingerprint density at radius 2 is 2.12 bits per heavy atom. The van der Waals surface area contributed by atoms with Gasteiger partial charge in [0.15, 0.2) is 0 Å². The molecule has 2 N–H and O–H groups in total. The summed E-state index contributed by atoms with van der Waals surface area (Å²) < 4.78 is 6.32. The molecule has 0 amide bonds. The molecule has 0 atom stereocenters. The van der Waals surface area contributed by atoms with Crippen molar-refractivity contribution in [1.29, 1.82) is 0 Å². The van der Waals surface area contributed by atoms with Gasteiger partial charge in [-0.05, 0) is 50.9 Å². The maximum Gasteiger partial charge on any atom is 0.0939 e. The van der Waals surface area contributed by atoms with E-state index in [1.807, 2.05) is 13.2 Å². The molecule has 1 spiro atoms. The van der Waals surface area contributed by atoms with E-state index in [0.29, 0.717) is 5.92 Å². The van der Waals surface area contributed by atoms with Gasteiger partial charge in [0, 0.05) is 36.8 Å². The molecule has 4 rings (SSSR count). The Morgan fingerprint density at radius 1 is 1.31 bits per heavy atom. The fourth-order valence-electron chi connectivity index (χ4n) is 4.64. The van der Waals surface area contributed by atoms with Crippen LogP contribution in [0.3, 0.4) is 0 Å². The van der Waals surface area contributed by atoms with Crippen LogP contribution in [0.2, 0.25) is 0 Å². The second-order valence-electron chi connectivity index (χ2n) is 7.86. The number of fused-ring (bicyclic) bond motifs is 2. The van der Waals surface area contributed by atoms with E-state index in [-0.39, 0.29) is 5.60 Å². The van der Waals surface area contributed by atoms with E-state index in [1.54, 1.807) is 0 Å². The number of nitrogens with zero attached hydrogens (tertiary/aromatic N) is 2. The van der Waals surface area contributed by atoms with E-state index in [1.165, 1.54) is 22.4 Å². The van der Waals surface area contributed by atoms with Crippen molar-refractivity contribution in [3.05, 3.63) is 52.8 Å². The molecule has 140 valence electrons. The first-order chi connectivity index (χ1) is 12.7. The zero-order valence-corrected chi connectivity index (χ0v) is 15.9. The third-order valence-electron chi connectivity index (χ3n) is 6.15. The first-order valence-corrected chi connectivity index (χ1v) is 9.79. The molecule has 5 nitrogen and oxygen atoms in total. The van der Waals surface area contributed by atoms with Crippen molar-refractivity contribution in [1.82, 2.24) is 20.4 Å². The first kappa shape index (κ1) is 17.7. The lowest BCUT2D eigenvalue weighted by atomic mass is 9.73. The van der Waals surface area contributed by atoms with Crippen molar-refractivity contribution in [3.63, 3.8) is 0 Å². The lowest BCUT2D eigenvalue weighted by Gasteiger charge is -2.37. The molecule has 2 aliphatic rings. The highest BCUT2D eigenvalue weighted by molar-refractivity contribution is 5.36. The lowest BCUT2D eigenvalue weighted by molar-refractivity contribution is -0.0672. The molecule has 2 heterocycles. The normalized spacial score (nSPS) is 25.1. The van der Waals surface area contributed by atoms with Crippen molar-refractivity contribution >= 4 is 0 Å². The summed E-state index contributed by atoms with van der Waals surface area (Å²) in [6.07, 6.45) is 6.52. The third-order valence-corrected chi connectivity index (χ3v) is 6.15. The minimum absolute atomic E-state index is 0.0448. The number of hydrogen-bond acceptors (Lipinski definition) is 4. The van der Waals surface area contributed by atoms with Crippen LogP contribution in [0.25, 0.3) is 0 Å². The van der Waals surface area contributed by atoms with Crippen LogP contribution in [0.15, 0.2) is 30.5 Å². The van der Waals surface area contributed by atoms with Crippen LogP contribution >= 0.6 is 0 Å². The average Bonchev–Trinajstić information content (AvgIpc) is 3.27. The number of benzene rings is 1. The van der Waals surface area contributed by atoms with E-state index >= 15 is 0 Å². The van der Waals surface area contributed by atoms with E-state index in [9.17, 15) is 0 Å². The maximum atomic E-state index is 6.32. The molecule has 1 aromatic carbocycles. The largest absolute Gasteiger partial charge is 0.366 e. The van der Waals surface area contributed by atoms with Crippen molar-refractivity contribution < 1.29 is 4.74 Å². The number of rotatable bonds is 6. The Hall–Kier alpha value is -1.69. The molecule has 0 radical (unpaired) electrons. The van der Waals surface area contributed by atoms with Gasteiger partial charge in [-0.3, -0.25) is 5.10 Å². The zero-order chi connectivity index (χ0) is 18.0. The highest BCUT2D eigenvalue weighted by Gasteiger charge is 2.43. The summed E-state index contributed by atoms with van der Waals surface area (Å²) in [6.45, 7) is 3.77. The fraction of sp³-hybridized carbons (Fsp3) is 0.571. The second kappa shape index (κ2) is 7.51. The SMILES string of the molecule is CNCCN(C)Cc1cn[nH]c1C1CCC2(CC1)OCc1ccccc12. The summed E-state index contributed by atoms with van der Waals surface area (Å²) in [7, 11) is 4.17. The maximum absolute atomic E-state index is 6.32. The molecule has 5 heteroatoms. The van der Waals surface area contributed by atoms with Crippen LogP contribution in [0.4, 0.5) is 0 Å². The number of hydrogen-bond donors (Lipinski definition) is 2. The minimum Gasteiger partial charge on any atom is -0.366 e. The Kier molecular flexibility index (Phi) is 5.11. The van der Waals surface area contributed by atoms with Gasteiger partial charge in [-0.25, -0.2) is 0 Å². The quantitative estimate of drug-likeness (QED) is 0.837. The van der Waals surface area contributed by atoms with E-state index < -0.39 is 0 Å². The number of likely N-dealkylation sites (N-methyl/N-ethyl adjacent to an activating group) is 2. The molecule has 0 saturated heterocycles. The summed E-state index contributed by atoms with van der Waals surface area (Å²) >= 11 is 0. The van der Waals surface area contributed by atoms with Crippen LogP contribution in [-0.2, 0) is 23.5 Å². The lowest BCUT2D eigenvalue weighted by Crippen LogP contribution is -2.31. The van der Waals surface area contributed by atoms with Crippen LogP contribution < -0.4 is 5.32 Å². The zero-order valence-electron chi connectivity index (χ0n) is 15.9. The summed E-state index contributed by atoms with van der Waals surface area (Å²) in [4.78, 5) is 2.35. The van der Waals surface area contributed by atoms with Gasteiger partial charge in [0.1, 0.15) is 0 Å². The van der Waals surface area contributed by atoms with E-state index in [0.717, 1.165) is 51.9 Å². The summed E-state index contributed by atoms with van der Waals surface area (Å²) in [5.41, 5.74) is 5.44. The Labute approximate surface area is 156 Å². The number of aromatic nitrogens is 2. The topological polar surface area (TPSA) is 53.2 Å². The van der Waals surface area contributed by atoms with Gasteiger partial charge < -0.3 is 15.0 Å². The summed E-state index contributed by atoms with van der Waals surface area (Å²) in [5.74, 6) is 0.562. The molecule has 0 bridgehead atoms. The molecule has 2 aromatic rings. The van der Waals surface area contributed by atoms with Crippen LogP contribution in [-0.4, -0.2) is 42.3 Å². The molecule has 1 fully saturated rings. The number of nitrogens with one attached hydrogen (secondary N) is 2. The summed E-state index contributed by atoms with van der Waals surface area (Å²) in [6, 6.07) is 8.74. The number of aromatic amines is 1. The van der Waals surface area contributed by atoms with Gasteiger partial charge in [-0.2, -0.15) is 5.10 Å². The molecule has 1 aliphatic carbocycles. The van der Waals surface area contributed by atoms with Crippen molar-refractivity contribution in [2.45, 2.75) is 50.4 Å². The molecule has 1 aromatic heterocycles. The standard InChI is InChI=1S/C21H30N4O/c1-22-11-12-25(2)14-18-13-23-24-20(18)16-7-9-21(10-8-16)19-6-4-3-5-17(19)15-26-21/h3-6,13,16,22H,7-12,14-15H2,1-2H3,(H,23,24). The predicted octanol–water partition coefficient (Wildman–Crippen LogP) is 3.14. The summed E-state index contributed by atoms with van der Waals surface area (Å²) in [5, 5.41) is 10.9. The van der Waals surface area contributed by atoms with E-state index in [4.69, 9.17) is 4.74 Å². The molecule has 0 unspecified atom stereocenters. The van der Waals surface area contributed by atoms with Crippen LogP contribution in [0.5, 0.6) is 0 Å². The van der Waals surface area contributed by atoms with Crippen molar-refractivity contribution in [3.8, 4) is 0 Å². The Bertz CT molecular complexity index is 733. The highest BCUT2D eigenvalue weighted by atomic mass is 16.5. The Morgan fingerprint density at radius 3 is 2.92 bits per heavy atom. The van der Waals surface area contributed by atoms with Gasteiger partial charge in [0.05, 0.1) is 18.4 Å². The Balaban J connectivity index is 1.43. The minimum atomic E-state index is -0.0448. The molecular formula is C21H30N4O. The van der Waals surface area contributed by atoms with Gasteiger partial charge in [0.2, 0.25) is 0 Å². The number of H-pyrrole nitrogens is 1. The fourth-order valence-corrected chi connectivity index (χ4v) is 4.64. The predicted molar refractivity (Wildman–Crippen MR) is 103 cm³/mol. The average molecular weight is 354 g/mol. The molecule has 26 heavy (non-hydrogen) atoms. The first-order valence-electron chi connectivity index (χ1n) is 9.79. The van der Waals surface area contributed by atoms with Crippen LogP contribution in [0.1, 0.15) is 54.0 Å². The van der Waals surface area contributed by atoms with Crippen LogP contribution in [0, 0.1) is 0 Å². The van der Waals surface area contributed by atoms with Gasteiger partial charge >= 0.3 is 0 Å². The van der Waals surface area contributed by atoms with Gasteiger partial charge in [-0.15, -0.1) is 0 Å². The van der Waals surface area contributed by atoms with Crippen molar-refractivity contribution in [2.24, 2.45) is 0 Å². The highest BCUT2D eigenvalue weighted by Crippen LogP contribution is 2.50. The third kappa shape index (κ3) is 3.31. The van der Waals surface area contributed by atoms with Gasteiger partial charge in [-0.1, -0.05) is 24.3 Å². The number of ether oxygens (including phenoxy) is 1. The van der Waals surface area contributed by atoms with E-state index in [2.05, 4.69) is 51.7 Å². The molecule has 1 saturated carbocycles. The van der Waals surface area contributed by atoms with Crippen molar-refractivity contribution in [2.75, 3.05) is 27.2 Å². The molecular weight excluding hydrogens is 324 g/mol. The molecule has 1 aliphatic heterocycles. The monoisotopic (exact) mass is 354 g/mol. The second-order valence-corrected chi connectivity index (χ2v) is 7.86. The smallest absolute Gasteiger partial charge is 0.0939 e. The van der Waals surface area contributed by atoms with Gasteiger partial charge in [0.25, 0.3) is 0 Å².